The molecule has 0 atom stereocenters. The van der Waals surface area contributed by atoms with Gasteiger partial charge in [-0.05, 0) is 44.4 Å². The molecule has 0 aromatic heterocycles. The molecule has 4 heteroatoms. The predicted octanol–water partition coefficient (Wildman–Crippen LogP) is 3.27. The maximum atomic E-state index is 12.2. The third-order valence-electron chi connectivity index (χ3n) is 2.83. The maximum Gasteiger partial charge on any atom is 0.357 e. The average Bonchev–Trinajstić information content (AvgIpc) is 2.35. The highest BCUT2D eigenvalue weighted by Crippen LogP contribution is 2.21. The lowest BCUT2D eigenvalue weighted by molar-refractivity contribution is -0.146. The molecule has 1 aliphatic rings. The topological polar surface area (TPSA) is 38.7 Å². The van der Waals surface area contributed by atoms with Crippen molar-refractivity contribution < 1.29 is 9.53 Å². The summed E-state index contributed by atoms with van der Waals surface area (Å²) >= 11 is 3.44. The minimum absolute atomic E-state index is 0.333. The molecule has 0 fully saturated rings. The third kappa shape index (κ3) is 3.44. The van der Waals surface area contributed by atoms with Crippen molar-refractivity contribution in [3.63, 3.8) is 0 Å². The Morgan fingerprint density at radius 2 is 2.16 bits per heavy atom. The van der Waals surface area contributed by atoms with Crippen molar-refractivity contribution in [2.75, 3.05) is 6.54 Å². The van der Waals surface area contributed by atoms with Crippen molar-refractivity contribution in [3.05, 3.63) is 34.9 Å². The van der Waals surface area contributed by atoms with Gasteiger partial charge in [-0.3, -0.25) is 4.99 Å². The summed E-state index contributed by atoms with van der Waals surface area (Å²) in [6.45, 7) is 6.24. The number of alkyl halides is 1. The molecule has 0 aliphatic carbocycles. The van der Waals surface area contributed by atoms with Crippen molar-refractivity contribution in [3.8, 4) is 0 Å². The van der Waals surface area contributed by atoms with Crippen LogP contribution in [-0.2, 0) is 21.3 Å². The molecule has 0 saturated heterocycles. The zero-order valence-electron chi connectivity index (χ0n) is 11.5. The number of esters is 1. The van der Waals surface area contributed by atoms with E-state index in [1.165, 1.54) is 5.56 Å². The first-order valence-electron chi connectivity index (χ1n) is 6.36. The third-order valence-corrected chi connectivity index (χ3v) is 3.47. The Kier molecular flexibility index (Phi) is 4.09. The van der Waals surface area contributed by atoms with Gasteiger partial charge in [-0.15, -0.1) is 0 Å². The number of hydrogen-bond donors (Lipinski definition) is 0. The summed E-state index contributed by atoms with van der Waals surface area (Å²) < 4.78 is 5.43. The van der Waals surface area contributed by atoms with Crippen LogP contribution in [0.1, 0.15) is 37.5 Å². The Bertz CT molecular complexity index is 529. The van der Waals surface area contributed by atoms with Gasteiger partial charge in [0.1, 0.15) is 5.60 Å². The van der Waals surface area contributed by atoms with Crippen LogP contribution < -0.4 is 0 Å². The second-order valence-electron chi connectivity index (χ2n) is 5.61. The fourth-order valence-corrected chi connectivity index (χ4v) is 2.37. The van der Waals surface area contributed by atoms with Crippen molar-refractivity contribution in [1.82, 2.24) is 0 Å². The molecule has 0 saturated carbocycles. The van der Waals surface area contributed by atoms with Crippen molar-refractivity contribution in [2.45, 2.75) is 38.1 Å². The van der Waals surface area contributed by atoms with Gasteiger partial charge in [-0.25, -0.2) is 4.79 Å². The van der Waals surface area contributed by atoms with Crippen LogP contribution in [0.25, 0.3) is 0 Å². The molecular formula is C15H18BrNO2. The van der Waals surface area contributed by atoms with Gasteiger partial charge in [0.25, 0.3) is 0 Å². The van der Waals surface area contributed by atoms with Gasteiger partial charge in [0.2, 0.25) is 0 Å². The minimum Gasteiger partial charge on any atom is -0.455 e. The lowest BCUT2D eigenvalue weighted by Gasteiger charge is -2.22. The largest absolute Gasteiger partial charge is 0.455 e. The molecule has 0 radical (unpaired) electrons. The van der Waals surface area contributed by atoms with Gasteiger partial charge in [0.15, 0.2) is 5.71 Å². The Hall–Kier alpha value is -1.16. The molecule has 0 bridgehead atoms. The number of nitrogens with zero attached hydrogens (tertiary/aromatic N) is 1. The van der Waals surface area contributed by atoms with E-state index in [2.05, 4.69) is 33.1 Å². The summed E-state index contributed by atoms with van der Waals surface area (Å²) in [4.78, 5) is 16.6. The van der Waals surface area contributed by atoms with Gasteiger partial charge >= 0.3 is 5.97 Å². The second kappa shape index (κ2) is 5.45. The number of fused-ring (bicyclic) bond motifs is 1. The second-order valence-corrected chi connectivity index (χ2v) is 6.17. The Labute approximate surface area is 122 Å². The van der Waals surface area contributed by atoms with Crippen molar-refractivity contribution in [2.24, 2.45) is 4.99 Å². The maximum absolute atomic E-state index is 12.2. The molecule has 19 heavy (non-hydrogen) atoms. The SMILES string of the molecule is CC(C)(C)OC(=O)C1=NCCc2ccc(CBr)cc21. The van der Waals surface area contributed by atoms with Crippen molar-refractivity contribution >= 4 is 27.6 Å². The molecule has 1 aromatic rings. The molecule has 0 N–H and O–H groups in total. The smallest absolute Gasteiger partial charge is 0.357 e. The molecule has 3 nitrogen and oxygen atoms in total. The van der Waals surface area contributed by atoms with Gasteiger partial charge in [0.05, 0.1) is 0 Å². The van der Waals surface area contributed by atoms with E-state index in [4.69, 9.17) is 4.74 Å². The number of halogens is 1. The van der Waals surface area contributed by atoms with Crippen LogP contribution in [-0.4, -0.2) is 23.8 Å². The van der Waals surface area contributed by atoms with Crippen LogP contribution in [0.4, 0.5) is 0 Å². The fourth-order valence-electron chi connectivity index (χ4n) is 2.02. The van der Waals surface area contributed by atoms with E-state index in [-0.39, 0.29) is 5.97 Å². The predicted molar refractivity (Wildman–Crippen MR) is 80.0 cm³/mol. The quantitative estimate of drug-likeness (QED) is 0.619. The molecule has 0 spiro atoms. The van der Waals surface area contributed by atoms with Crippen LogP contribution in [0.15, 0.2) is 23.2 Å². The number of benzene rings is 1. The zero-order chi connectivity index (χ0) is 14.0. The number of aliphatic imine (C=N–C) groups is 1. The van der Waals surface area contributed by atoms with Crippen LogP contribution in [0.2, 0.25) is 0 Å². The summed E-state index contributed by atoms with van der Waals surface area (Å²) in [5.74, 6) is -0.333. The zero-order valence-corrected chi connectivity index (χ0v) is 13.1. The standard InChI is InChI=1S/C15H18BrNO2/c1-15(2,3)19-14(18)13-12-8-10(9-16)4-5-11(12)6-7-17-13/h4-5,8H,6-7,9H2,1-3H3. The molecule has 1 aliphatic heterocycles. The molecule has 0 amide bonds. The summed E-state index contributed by atoms with van der Waals surface area (Å²) in [6.07, 6.45) is 0.879. The van der Waals surface area contributed by atoms with E-state index in [9.17, 15) is 4.79 Å². The number of carbonyl (C=O) groups excluding carboxylic acids is 1. The first kappa shape index (κ1) is 14.3. The summed E-state index contributed by atoms with van der Waals surface area (Å²) in [6, 6.07) is 6.17. The van der Waals surface area contributed by atoms with Crippen LogP contribution in [0, 0.1) is 0 Å². The number of carbonyl (C=O) groups is 1. The van der Waals surface area contributed by atoms with Crippen molar-refractivity contribution in [1.29, 1.82) is 0 Å². The lowest BCUT2D eigenvalue weighted by atomic mass is 9.95. The van der Waals surface area contributed by atoms with E-state index in [1.807, 2.05) is 26.8 Å². The number of rotatable bonds is 2. The molecule has 1 aromatic carbocycles. The normalized spacial score (nSPS) is 14.6. The highest BCUT2D eigenvalue weighted by Gasteiger charge is 2.25. The Balaban J connectivity index is 2.34. The highest BCUT2D eigenvalue weighted by atomic mass is 79.9. The Morgan fingerprint density at radius 1 is 1.42 bits per heavy atom. The summed E-state index contributed by atoms with van der Waals surface area (Å²) in [5.41, 5.74) is 3.18. The van der Waals surface area contributed by atoms with E-state index in [0.717, 1.165) is 22.9 Å². The van der Waals surface area contributed by atoms with Gasteiger partial charge in [-0.2, -0.15) is 0 Å². The Morgan fingerprint density at radius 3 is 2.79 bits per heavy atom. The molecule has 102 valence electrons. The molecule has 2 rings (SSSR count). The van der Waals surface area contributed by atoms with E-state index < -0.39 is 5.60 Å². The first-order chi connectivity index (χ1) is 8.90. The summed E-state index contributed by atoms with van der Waals surface area (Å²) in [5, 5.41) is 0.766. The number of hydrogen-bond acceptors (Lipinski definition) is 3. The highest BCUT2D eigenvalue weighted by molar-refractivity contribution is 9.08. The monoisotopic (exact) mass is 323 g/mol. The molecular weight excluding hydrogens is 306 g/mol. The summed E-state index contributed by atoms with van der Waals surface area (Å²) in [7, 11) is 0. The van der Waals surface area contributed by atoms with Gasteiger partial charge in [-0.1, -0.05) is 28.1 Å². The van der Waals surface area contributed by atoms with Crippen LogP contribution in [0.3, 0.4) is 0 Å². The molecule has 1 heterocycles. The van der Waals surface area contributed by atoms with Gasteiger partial charge in [0, 0.05) is 17.4 Å². The fraction of sp³-hybridized carbons (Fsp3) is 0.467. The van der Waals surface area contributed by atoms with Crippen LogP contribution >= 0.6 is 15.9 Å². The van der Waals surface area contributed by atoms with Crippen LogP contribution in [0.5, 0.6) is 0 Å². The van der Waals surface area contributed by atoms with Gasteiger partial charge < -0.3 is 4.74 Å². The van der Waals surface area contributed by atoms with E-state index >= 15 is 0 Å². The minimum atomic E-state index is -0.496. The van der Waals surface area contributed by atoms with E-state index in [1.54, 1.807) is 0 Å². The lowest BCUT2D eigenvalue weighted by Crippen LogP contribution is -2.31. The van der Waals surface area contributed by atoms with E-state index in [0.29, 0.717) is 12.3 Å². The first-order valence-corrected chi connectivity index (χ1v) is 7.49. The number of ether oxygens (including phenoxy) is 1. The average molecular weight is 324 g/mol. The molecule has 0 unspecified atom stereocenters.